The Balaban J connectivity index is 1.43. The van der Waals surface area contributed by atoms with E-state index in [1.807, 2.05) is 0 Å². The molecule has 0 aromatic carbocycles. The van der Waals surface area contributed by atoms with Crippen LogP contribution in [0.1, 0.15) is 25.7 Å². The van der Waals surface area contributed by atoms with E-state index in [1.54, 1.807) is 0 Å². The maximum absolute atomic E-state index is 5.74. The second-order valence-corrected chi connectivity index (χ2v) is 4.09. The molecule has 2 N–H and O–H groups in total. The molecule has 2 rings (SSSR count). The summed E-state index contributed by atoms with van der Waals surface area (Å²) in [7, 11) is 0. The monoisotopic (exact) mass is 184 g/mol. The minimum atomic E-state index is 0.571. The van der Waals surface area contributed by atoms with Crippen LogP contribution in [0, 0.1) is 0 Å². The second-order valence-electron chi connectivity index (χ2n) is 4.09. The third kappa shape index (κ3) is 2.93. The predicted molar refractivity (Wildman–Crippen MR) is 52.9 cm³/mol. The summed E-state index contributed by atoms with van der Waals surface area (Å²) in [6, 6.07) is 0.701. The molecule has 13 heavy (non-hydrogen) atoms. The number of ether oxygens (including phenoxy) is 1. The molecule has 0 bridgehead atoms. The predicted octanol–water partition coefficient (Wildman–Crippen LogP) is 0.507. The third-order valence-electron chi connectivity index (χ3n) is 2.97. The molecule has 0 atom stereocenters. The van der Waals surface area contributed by atoms with Gasteiger partial charge in [0.25, 0.3) is 0 Å². The molecule has 1 aliphatic carbocycles. The molecule has 1 aliphatic heterocycles. The van der Waals surface area contributed by atoms with Crippen molar-refractivity contribution in [3.05, 3.63) is 0 Å². The summed E-state index contributed by atoms with van der Waals surface area (Å²) in [5.41, 5.74) is 0. The van der Waals surface area contributed by atoms with Gasteiger partial charge in [0, 0.05) is 25.7 Å². The fraction of sp³-hybridized carbons (Fsp3) is 1.00. The maximum atomic E-state index is 5.74. The highest BCUT2D eigenvalue weighted by molar-refractivity contribution is 4.81. The molecule has 76 valence electrons. The van der Waals surface area contributed by atoms with Crippen LogP contribution >= 0.6 is 0 Å². The van der Waals surface area contributed by atoms with Crippen molar-refractivity contribution in [1.29, 1.82) is 0 Å². The van der Waals surface area contributed by atoms with E-state index in [0.717, 1.165) is 26.2 Å². The van der Waals surface area contributed by atoms with Gasteiger partial charge < -0.3 is 15.4 Å². The first-order valence-corrected chi connectivity index (χ1v) is 5.51. The van der Waals surface area contributed by atoms with Crippen LogP contribution in [0.15, 0.2) is 0 Å². The summed E-state index contributed by atoms with van der Waals surface area (Å²) < 4.78 is 5.74. The van der Waals surface area contributed by atoms with Gasteiger partial charge in [-0.2, -0.15) is 0 Å². The van der Waals surface area contributed by atoms with Crippen LogP contribution < -0.4 is 10.6 Å². The third-order valence-corrected chi connectivity index (χ3v) is 2.97. The van der Waals surface area contributed by atoms with Crippen LogP contribution in [0.4, 0.5) is 0 Å². The zero-order valence-electron chi connectivity index (χ0n) is 8.22. The molecule has 0 unspecified atom stereocenters. The Kier molecular flexibility index (Phi) is 3.58. The molecule has 2 aliphatic rings. The van der Waals surface area contributed by atoms with Gasteiger partial charge in [-0.25, -0.2) is 0 Å². The zero-order valence-corrected chi connectivity index (χ0v) is 8.22. The van der Waals surface area contributed by atoms with E-state index in [-0.39, 0.29) is 0 Å². The van der Waals surface area contributed by atoms with Gasteiger partial charge in [0.15, 0.2) is 0 Å². The first-order valence-electron chi connectivity index (χ1n) is 5.51. The lowest BCUT2D eigenvalue weighted by Gasteiger charge is -2.28. The van der Waals surface area contributed by atoms with Gasteiger partial charge >= 0.3 is 0 Å². The minimum Gasteiger partial charge on any atom is -0.377 e. The van der Waals surface area contributed by atoms with Crippen LogP contribution in [0.25, 0.3) is 0 Å². The fourth-order valence-corrected chi connectivity index (χ4v) is 1.98. The Hall–Kier alpha value is -0.120. The average molecular weight is 184 g/mol. The summed E-state index contributed by atoms with van der Waals surface area (Å²) in [6.45, 7) is 4.16. The highest BCUT2D eigenvalue weighted by atomic mass is 16.5. The molecule has 3 heteroatoms. The van der Waals surface area contributed by atoms with Crippen molar-refractivity contribution in [1.82, 2.24) is 10.6 Å². The molecule has 1 heterocycles. The molecular formula is C10H20N2O. The van der Waals surface area contributed by atoms with Crippen LogP contribution in [0.2, 0.25) is 0 Å². The van der Waals surface area contributed by atoms with E-state index in [1.165, 1.54) is 25.7 Å². The summed E-state index contributed by atoms with van der Waals surface area (Å²) in [6.07, 6.45) is 5.87. The number of hydrogen-bond donors (Lipinski definition) is 2. The van der Waals surface area contributed by atoms with E-state index in [4.69, 9.17) is 4.74 Å². The van der Waals surface area contributed by atoms with E-state index >= 15 is 0 Å². The van der Waals surface area contributed by atoms with Crippen LogP contribution in [0.5, 0.6) is 0 Å². The van der Waals surface area contributed by atoms with E-state index < -0.39 is 0 Å². The number of rotatable bonds is 5. The minimum absolute atomic E-state index is 0.571. The van der Waals surface area contributed by atoms with Crippen molar-refractivity contribution in [2.45, 2.75) is 37.8 Å². The summed E-state index contributed by atoms with van der Waals surface area (Å²) in [5, 5.41) is 6.70. The summed E-state index contributed by atoms with van der Waals surface area (Å²) in [4.78, 5) is 0. The van der Waals surface area contributed by atoms with Crippen molar-refractivity contribution in [3.63, 3.8) is 0 Å². The largest absolute Gasteiger partial charge is 0.377 e. The molecular weight excluding hydrogens is 164 g/mol. The lowest BCUT2D eigenvalue weighted by molar-refractivity contribution is 0.0582. The fourth-order valence-electron chi connectivity index (χ4n) is 1.98. The summed E-state index contributed by atoms with van der Waals surface area (Å²) in [5.74, 6) is 0. The van der Waals surface area contributed by atoms with Gasteiger partial charge in [0.2, 0.25) is 0 Å². The van der Waals surface area contributed by atoms with E-state index in [0.29, 0.717) is 12.1 Å². The number of hydrogen-bond acceptors (Lipinski definition) is 3. The van der Waals surface area contributed by atoms with E-state index in [2.05, 4.69) is 10.6 Å². The second kappa shape index (κ2) is 4.94. The molecule has 1 saturated heterocycles. The van der Waals surface area contributed by atoms with Crippen molar-refractivity contribution in [2.75, 3.05) is 26.2 Å². The van der Waals surface area contributed by atoms with Crippen LogP contribution in [0.3, 0.4) is 0 Å². The quantitative estimate of drug-likeness (QED) is 0.611. The van der Waals surface area contributed by atoms with Gasteiger partial charge in [0.05, 0.1) is 12.7 Å². The molecule has 3 nitrogen and oxygen atoms in total. The van der Waals surface area contributed by atoms with Crippen molar-refractivity contribution >= 4 is 0 Å². The topological polar surface area (TPSA) is 33.3 Å². The van der Waals surface area contributed by atoms with Gasteiger partial charge in [-0.05, 0) is 12.8 Å². The Morgan fingerprint density at radius 2 is 2.00 bits per heavy atom. The lowest BCUT2D eigenvalue weighted by Crippen LogP contribution is -2.55. The highest BCUT2D eigenvalue weighted by Gasteiger charge is 2.17. The van der Waals surface area contributed by atoms with Gasteiger partial charge in [-0.15, -0.1) is 0 Å². The molecule has 0 aromatic rings. The molecule has 1 saturated carbocycles. The Labute approximate surface area is 80.2 Å². The normalized spacial score (nSPS) is 24.9. The molecule has 0 radical (unpaired) electrons. The number of nitrogens with one attached hydrogen (secondary N) is 2. The van der Waals surface area contributed by atoms with E-state index in [9.17, 15) is 0 Å². The first kappa shape index (κ1) is 9.44. The van der Waals surface area contributed by atoms with Gasteiger partial charge in [-0.3, -0.25) is 0 Å². The zero-order chi connectivity index (χ0) is 8.93. The molecule has 2 fully saturated rings. The standard InChI is InChI=1S/C10H20N2O/c1-2-4-10(3-1)13-6-5-12-9-7-11-8-9/h9-12H,1-8H2. The first-order chi connectivity index (χ1) is 6.45. The average Bonchev–Trinajstić information content (AvgIpc) is 2.53. The smallest absolute Gasteiger partial charge is 0.0594 e. The maximum Gasteiger partial charge on any atom is 0.0594 e. The molecule has 0 spiro atoms. The van der Waals surface area contributed by atoms with Crippen molar-refractivity contribution in [3.8, 4) is 0 Å². The Morgan fingerprint density at radius 1 is 1.23 bits per heavy atom. The molecule has 0 aromatic heterocycles. The van der Waals surface area contributed by atoms with Gasteiger partial charge in [0.1, 0.15) is 0 Å². The van der Waals surface area contributed by atoms with Crippen LogP contribution in [-0.2, 0) is 4.74 Å². The SMILES string of the molecule is C1CCC(OCCNC2CNC2)C1. The van der Waals surface area contributed by atoms with Crippen molar-refractivity contribution < 1.29 is 4.74 Å². The lowest BCUT2D eigenvalue weighted by atomic mass is 10.2. The van der Waals surface area contributed by atoms with Gasteiger partial charge in [-0.1, -0.05) is 12.8 Å². The van der Waals surface area contributed by atoms with Crippen molar-refractivity contribution in [2.24, 2.45) is 0 Å². The highest BCUT2D eigenvalue weighted by Crippen LogP contribution is 2.20. The Bertz CT molecular complexity index is 142. The summed E-state index contributed by atoms with van der Waals surface area (Å²) >= 11 is 0. The Morgan fingerprint density at radius 3 is 2.62 bits per heavy atom. The van der Waals surface area contributed by atoms with Crippen LogP contribution in [-0.4, -0.2) is 38.4 Å². The molecule has 0 amide bonds.